The third-order valence-corrected chi connectivity index (χ3v) is 1.33. The van der Waals surface area contributed by atoms with Crippen molar-refractivity contribution >= 4 is 0 Å². The first-order valence-corrected chi connectivity index (χ1v) is 3.90. The van der Waals surface area contributed by atoms with Gasteiger partial charge in [-0.05, 0) is 20.8 Å². The lowest BCUT2D eigenvalue weighted by Crippen LogP contribution is -2.20. The van der Waals surface area contributed by atoms with Crippen LogP contribution in [0, 0.1) is 17.2 Å². The maximum Gasteiger partial charge on any atom is 0.0666 e. The molecule has 1 unspecified atom stereocenters. The van der Waals surface area contributed by atoms with Crippen LogP contribution in [0.25, 0.3) is 0 Å². The van der Waals surface area contributed by atoms with E-state index in [-0.39, 0.29) is 5.92 Å². The highest BCUT2D eigenvalue weighted by Crippen LogP contribution is 1.89. The van der Waals surface area contributed by atoms with Crippen molar-refractivity contribution in [3.8, 4) is 6.07 Å². The van der Waals surface area contributed by atoms with Crippen molar-refractivity contribution in [1.82, 2.24) is 5.32 Å². The second kappa shape index (κ2) is 5.94. The molecule has 1 N–H and O–H groups in total. The number of allylic oxidation sites excluding steroid dienone is 1. The molecular weight excluding hydrogens is 136 g/mol. The van der Waals surface area contributed by atoms with E-state index in [4.69, 9.17) is 5.26 Å². The molecule has 0 radical (unpaired) electrons. The maximum absolute atomic E-state index is 8.44. The molecule has 0 amide bonds. The lowest BCUT2D eigenvalue weighted by atomic mass is 10.2. The first-order valence-electron chi connectivity index (χ1n) is 3.90. The Hall–Kier alpha value is -0.810. The van der Waals surface area contributed by atoms with Gasteiger partial charge in [0.15, 0.2) is 0 Å². The summed E-state index contributed by atoms with van der Waals surface area (Å²) in [7, 11) is 0. The summed E-state index contributed by atoms with van der Waals surface area (Å²) in [6, 6.07) is 2.17. The van der Waals surface area contributed by atoms with E-state index < -0.39 is 0 Å². The number of nitrogens with zero attached hydrogens (tertiary/aromatic N) is 1. The van der Waals surface area contributed by atoms with Crippen LogP contribution in [-0.2, 0) is 0 Å². The Morgan fingerprint density at radius 1 is 1.64 bits per heavy atom. The van der Waals surface area contributed by atoms with Gasteiger partial charge in [-0.15, -0.1) is 0 Å². The third-order valence-electron chi connectivity index (χ3n) is 1.33. The van der Waals surface area contributed by atoms with Gasteiger partial charge in [0.2, 0.25) is 0 Å². The van der Waals surface area contributed by atoms with E-state index in [0.29, 0.717) is 0 Å². The second-order valence-corrected chi connectivity index (χ2v) is 2.97. The van der Waals surface area contributed by atoms with Crippen LogP contribution in [-0.4, -0.2) is 13.1 Å². The van der Waals surface area contributed by atoms with Crippen LogP contribution in [0.3, 0.4) is 0 Å². The van der Waals surface area contributed by atoms with Crippen LogP contribution in [0.5, 0.6) is 0 Å². The second-order valence-electron chi connectivity index (χ2n) is 2.97. The number of nitriles is 1. The summed E-state index contributed by atoms with van der Waals surface area (Å²) < 4.78 is 0. The van der Waals surface area contributed by atoms with E-state index >= 15 is 0 Å². The van der Waals surface area contributed by atoms with E-state index in [0.717, 1.165) is 13.1 Å². The van der Waals surface area contributed by atoms with Crippen LogP contribution in [0.4, 0.5) is 0 Å². The Labute approximate surface area is 68.9 Å². The Morgan fingerprint density at radius 3 is 2.73 bits per heavy atom. The van der Waals surface area contributed by atoms with Crippen molar-refractivity contribution in [2.24, 2.45) is 5.92 Å². The van der Waals surface area contributed by atoms with Crippen molar-refractivity contribution < 1.29 is 0 Å². The summed E-state index contributed by atoms with van der Waals surface area (Å²) >= 11 is 0. The van der Waals surface area contributed by atoms with Crippen LogP contribution >= 0.6 is 0 Å². The Kier molecular flexibility index (Phi) is 5.50. The predicted molar refractivity (Wildman–Crippen MR) is 47.1 cm³/mol. The minimum atomic E-state index is 0.112. The summed E-state index contributed by atoms with van der Waals surface area (Å²) in [5, 5.41) is 11.6. The van der Waals surface area contributed by atoms with Gasteiger partial charge in [-0.25, -0.2) is 0 Å². The lowest BCUT2D eigenvalue weighted by molar-refractivity contribution is 0.635. The van der Waals surface area contributed by atoms with Gasteiger partial charge in [-0.3, -0.25) is 0 Å². The molecule has 2 nitrogen and oxygen atoms in total. The quantitative estimate of drug-likeness (QED) is 0.491. The van der Waals surface area contributed by atoms with Crippen molar-refractivity contribution in [2.75, 3.05) is 13.1 Å². The van der Waals surface area contributed by atoms with Gasteiger partial charge < -0.3 is 5.32 Å². The van der Waals surface area contributed by atoms with E-state index in [1.807, 2.05) is 6.92 Å². The molecule has 11 heavy (non-hydrogen) atoms. The zero-order chi connectivity index (χ0) is 8.69. The molecule has 0 aromatic heterocycles. The van der Waals surface area contributed by atoms with Gasteiger partial charge in [0.25, 0.3) is 0 Å². The van der Waals surface area contributed by atoms with Gasteiger partial charge in [0.1, 0.15) is 0 Å². The molecule has 62 valence electrons. The first kappa shape index (κ1) is 10.2. The van der Waals surface area contributed by atoms with Crippen molar-refractivity contribution in [3.05, 3.63) is 11.6 Å². The van der Waals surface area contributed by atoms with Gasteiger partial charge in [-0.2, -0.15) is 5.26 Å². The fraction of sp³-hybridized carbons (Fsp3) is 0.667. The first-order chi connectivity index (χ1) is 5.16. The molecule has 0 aromatic carbocycles. The van der Waals surface area contributed by atoms with Gasteiger partial charge in [0.05, 0.1) is 12.0 Å². The highest BCUT2D eigenvalue weighted by atomic mass is 14.8. The molecule has 0 fully saturated rings. The number of nitrogens with one attached hydrogen (secondary N) is 1. The van der Waals surface area contributed by atoms with E-state index in [9.17, 15) is 0 Å². The van der Waals surface area contributed by atoms with Crippen molar-refractivity contribution in [2.45, 2.75) is 20.8 Å². The third kappa shape index (κ3) is 7.08. The van der Waals surface area contributed by atoms with E-state index in [1.165, 1.54) is 5.57 Å². The lowest BCUT2D eigenvalue weighted by Gasteiger charge is -2.01. The van der Waals surface area contributed by atoms with E-state index in [2.05, 4.69) is 31.3 Å². The van der Waals surface area contributed by atoms with Gasteiger partial charge in [0, 0.05) is 13.1 Å². The number of hydrogen-bond acceptors (Lipinski definition) is 2. The Morgan fingerprint density at radius 2 is 2.27 bits per heavy atom. The standard InChI is InChI=1S/C9H16N2/c1-8(2)4-5-11-7-9(3)6-10/h4,9,11H,5,7H2,1-3H3. The maximum atomic E-state index is 8.44. The zero-order valence-corrected chi connectivity index (χ0v) is 7.52. The predicted octanol–water partition coefficient (Wildman–Crippen LogP) is 1.70. The topological polar surface area (TPSA) is 35.8 Å². The molecule has 0 bridgehead atoms. The Balaban J connectivity index is 3.30. The SMILES string of the molecule is CC(C)=CCNCC(C)C#N. The molecule has 0 aliphatic heterocycles. The molecule has 0 heterocycles. The number of rotatable bonds is 4. The summed E-state index contributed by atoms with van der Waals surface area (Å²) in [5.74, 6) is 0.112. The molecule has 0 aliphatic carbocycles. The fourth-order valence-electron chi connectivity index (χ4n) is 0.622. The van der Waals surface area contributed by atoms with Crippen molar-refractivity contribution in [3.63, 3.8) is 0 Å². The van der Waals surface area contributed by atoms with Crippen LogP contribution < -0.4 is 5.32 Å². The molecule has 2 heteroatoms. The van der Waals surface area contributed by atoms with Gasteiger partial charge >= 0.3 is 0 Å². The minimum Gasteiger partial charge on any atom is -0.312 e. The molecule has 0 saturated heterocycles. The van der Waals surface area contributed by atoms with Crippen LogP contribution in [0.1, 0.15) is 20.8 Å². The molecule has 0 spiro atoms. The number of hydrogen-bond donors (Lipinski definition) is 1. The van der Waals surface area contributed by atoms with Crippen LogP contribution in [0.2, 0.25) is 0 Å². The molecular formula is C9H16N2. The monoisotopic (exact) mass is 152 g/mol. The minimum absolute atomic E-state index is 0.112. The molecule has 0 aromatic rings. The highest BCUT2D eigenvalue weighted by Gasteiger charge is 1.95. The summed E-state index contributed by atoms with van der Waals surface area (Å²) in [6.45, 7) is 7.69. The van der Waals surface area contributed by atoms with Gasteiger partial charge in [-0.1, -0.05) is 11.6 Å². The summed E-state index contributed by atoms with van der Waals surface area (Å²) in [5.41, 5.74) is 1.31. The Bertz CT molecular complexity index is 161. The smallest absolute Gasteiger partial charge is 0.0666 e. The summed E-state index contributed by atoms with van der Waals surface area (Å²) in [4.78, 5) is 0. The average Bonchev–Trinajstić information content (AvgIpc) is 1.97. The normalized spacial score (nSPS) is 11.8. The van der Waals surface area contributed by atoms with E-state index in [1.54, 1.807) is 0 Å². The summed E-state index contributed by atoms with van der Waals surface area (Å²) in [6.07, 6.45) is 2.12. The zero-order valence-electron chi connectivity index (χ0n) is 7.52. The highest BCUT2D eigenvalue weighted by molar-refractivity contribution is 4.94. The molecule has 0 aliphatic rings. The fourth-order valence-corrected chi connectivity index (χ4v) is 0.622. The molecule has 0 saturated carbocycles. The molecule has 0 rings (SSSR count). The van der Waals surface area contributed by atoms with Crippen LogP contribution in [0.15, 0.2) is 11.6 Å². The largest absolute Gasteiger partial charge is 0.312 e. The molecule has 1 atom stereocenters. The average molecular weight is 152 g/mol. The van der Waals surface area contributed by atoms with Crippen molar-refractivity contribution in [1.29, 1.82) is 5.26 Å².